The number of nitrogens with one attached hydrogen (secondary N) is 1. The second-order valence-corrected chi connectivity index (χ2v) is 8.51. The third-order valence-corrected chi connectivity index (χ3v) is 5.50. The second-order valence-electron chi connectivity index (χ2n) is 7.19. The highest BCUT2D eigenvalue weighted by molar-refractivity contribution is 9.10. The number of aryl methyl sites for hydroxylation is 1. The van der Waals surface area contributed by atoms with E-state index in [0.717, 1.165) is 28.4 Å². The summed E-state index contributed by atoms with van der Waals surface area (Å²) in [7, 11) is 0. The molecule has 0 fully saturated rings. The number of nitrogens with zero attached hydrogens (tertiary/aromatic N) is 1. The van der Waals surface area contributed by atoms with Crippen LogP contribution in [0, 0.1) is 6.92 Å². The van der Waals surface area contributed by atoms with Gasteiger partial charge in [0.25, 0.3) is 5.91 Å². The van der Waals surface area contributed by atoms with E-state index in [1.54, 1.807) is 30.0 Å². The molecule has 7 heteroatoms. The van der Waals surface area contributed by atoms with Gasteiger partial charge in [0.1, 0.15) is 11.8 Å². The van der Waals surface area contributed by atoms with E-state index in [0.29, 0.717) is 23.9 Å². The van der Waals surface area contributed by atoms with E-state index < -0.39 is 6.04 Å². The number of hydrogen-bond acceptors (Lipinski definition) is 3. The van der Waals surface area contributed by atoms with Crippen LogP contribution in [0.15, 0.2) is 46.9 Å². The smallest absolute Gasteiger partial charge is 0.261 e. The molecule has 1 N–H and O–H groups in total. The van der Waals surface area contributed by atoms with E-state index >= 15 is 0 Å². The van der Waals surface area contributed by atoms with Gasteiger partial charge in [-0.3, -0.25) is 9.59 Å². The molecule has 2 amide bonds. The van der Waals surface area contributed by atoms with E-state index in [-0.39, 0.29) is 18.4 Å². The van der Waals surface area contributed by atoms with Crippen molar-refractivity contribution in [1.29, 1.82) is 0 Å². The number of rotatable bonds is 10. The minimum atomic E-state index is -0.625. The zero-order valence-corrected chi connectivity index (χ0v) is 19.9. The third kappa shape index (κ3) is 7.33. The van der Waals surface area contributed by atoms with E-state index in [4.69, 9.17) is 16.3 Å². The predicted octanol–water partition coefficient (Wildman–Crippen LogP) is 5.12. The topological polar surface area (TPSA) is 58.6 Å². The highest BCUT2D eigenvalue weighted by Gasteiger charge is 2.26. The maximum atomic E-state index is 13.0. The van der Waals surface area contributed by atoms with Crippen molar-refractivity contribution < 1.29 is 14.3 Å². The Balaban J connectivity index is 2.12. The first kappa shape index (κ1) is 24.2. The molecule has 0 aromatic heterocycles. The summed E-state index contributed by atoms with van der Waals surface area (Å²) in [4.78, 5) is 27.2. The minimum absolute atomic E-state index is 0.175. The number of unbranched alkanes of at least 4 members (excludes halogenated alkanes) is 1. The molecule has 0 bridgehead atoms. The SMILES string of the molecule is CCCCNC(=O)[C@H](C)N(Cc1ccc(C)cc1)C(=O)COc1ccc(Br)cc1Cl. The van der Waals surface area contributed by atoms with Gasteiger partial charge in [-0.15, -0.1) is 0 Å². The lowest BCUT2D eigenvalue weighted by atomic mass is 10.1. The van der Waals surface area contributed by atoms with Gasteiger partial charge in [0, 0.05) is 17.6 Å². The normalized spacial score (nSPS) is 11.6. The summed E-state index contributed by atoms with van der Waals surface area (Å²) in [6.45, 7) is 6.51. The van der Waals surface area contributed by atoms with Crippen LogP contribution in [0.5, 0.6) is 5.75 Å². The van der Waals surface area contributed by atoms with Crippen molar-refractivity contribution in [1.82, 2.24) is 10.2 Å². The Bertz CT molecular complexity index is 858. The number of halogens is 2. The molecule has 0 aliphatic heterocycles. The van der Waals surface area contributed by atoms with Gasteiger partial charge in [-0.1, -0.05) is 70.7 Å². The van der Waals surface area contributed by atoms with Crippen LogP contribution in [-0.4, -0.2) is 35.9 Å². The molecular formula is C23H28BrClN2O3. The van der Waals surface area contributed by atoms with Crippen molar-refractivity contribution >= 4 is 39.3 Å². The predicted molar refractivity (Wildman–Crippen MR) is 124 cm³/mol. The number of ether oxygens (including phenoxy) is 1. The largest absolute Gasteiger partial charge is 0.482 e. The van der Waals surface area contributed by atoms with Crippen molar-refractivity contribution in [3.05, 3.63) is 63.1 Å². The van der Waals surface area contributed by atoms with Crippen LogP contribution < -0.4 is 10.1 Å². The van der Waals surface area contributed by atoms with Gasteiger partial charge in [-0.2, -0.15) is 0 Å². The summed E-state index contributed by atoms with van der Waals surface area (Å²) < 4.78 is 6.47. The molecule has 0 unspecified atom stereocenters. The third-order valence-electron chi connectivity index (χ3n) is 4.72. The molecule has 0 heterocycles. The van der Waals surface area contributed by atoms with Gasteiger partial charge in [-0.25, -0.2) is 0 Å². The Morgan fingerprint density at radius 3 is 2.53 bits per heavy atom. The van der Waals surface area contributed by atoms with Gasteiger partial charge in [0.2, 0.25) is 5.91 Å². The molecule has 0 aliphatic carbocycles. The molecule has 5 nitrogen and oxygen atoms in total. The highest BCUT2D eigenvalue weighted by Crippen LogP contribution is 2.27. The minimum Gasteiger partial charge on any atom is -0.482 e. The summed E-state index contributed by atoms with van der Waals surface area (Å²) in [5.74, 6) is -0.0400. The van der Waals surface area contributed by atoms with Crippen LogP contribution in [0.3, 0.4) is 0 Å². The highest BCUT2D eigenvalue weighted by atomic mass is 79.9. The van der Waals surface area contributed by atoms with Crippen LogP contribution in [0.2, 0.25) is 5.02 Å². The molecule has 2 aromatic carbocycles. The Morgan fingerprint density at radius 1 is 1.20 bits per heavy atom. The van der Waals surface area contributed by atoms with Crippen LogP contribution in [-0.2, 0) is 16.1 Å². The van der Waals surface area contributed by atoms with E-state index in [1.807, 2.05) is 31.2 Å². The van der Waals surface area contributed by atoms with Crippen LogP contribution in [0.25, 0.3) is 0 Å². The molecule has 0 radical (unpaired) electrons. The molecule has 0 saturated heterocycles. The molecule has 0 saturated carbocycles. The maximum Gasteiger partial charge on any atom is 0.261 e. The summed E-state index contributed by atoms with van der Waals surface area (Å²) in [6, 6.07) is 12.5. The van der Waals surface area contributed by atoms with Crippen molar-refractivity contribution in [3.8, 4) is 5.75 Å². The first-order valence-electron chi connectivity index (χ1n) is 10.0. The summed E-state index contributed by atoms with van der Waals surface area (Å²) in [5, 5.41) is 3.31. The van der Waals surface area contributed by atoms with Crippen LogP contribution in [0.1, 0.15) is 37.8 Å². The number of hydrogen-bond donors (Lipinski definition) is 1. The quantitative estimate of drug-likeness (QED) is 0.465. The molecule has 2 rings (SSSR count). The van der Waals surface area contributed by atoms with E-state index in [9.17, 15) is 9.59 Å². The Kier molecular flexibility index (Phi) is 9.66. The molecular weight excluding hydrogens is 468 g/mol. The average molecular weight is 496 g/mol. The van der Waals surface area contributed by atoms with E-state index in [1.165, 1.54) is 0 Å². The number of carbonyl (C=O) groups is 2. The van der Waals surface area contributed by atoms with Crippen LogP contribution in [0.4, 0.5) is 0 Å². The monoisotopic (exact) mass is 494 g/mol. The average Bonchev–Trinajstić information content (AvgIpc) is 2.72. The molecule has 0 spiro atoms. The van der Waals surface area contributed by atoms with Crippen molar-refractivity contribution in [2.45, 2.75) is 46.2 Å². The molecule has 2 aromatic rings. The first-order valence-corrected chi connectivity index (χ1v) is 11.2. The molecule has 0 aliphatic rings. The Hall–Kier alpha value is -2.05. The summed E-state index contributed by atoms with van der Waals surface area (Å²) >= 11 is 9.52. The first-order chi connectivity index (χ1) is 14.3. The summed E-state index contributed by atoms with van der Waals surface area (Å²) in [5.41, 5.74) is 2.08. The molecule has 162 valence electrons. The standard InChI is InChI=1S/C23H28BrClN2O3/c1-4-5-12-26-23(29)17(3)27(14-18-8-6-16(2)7-9-18)22(28)15-30-21-11-10-19(24)13-20(21)25/h6-11,13,17H,4-5,12,14-15H2,1-3H3,(H,26,29)/t17-/m0/s1. The van der Waals surface area contributed by atoms with Crippen LogP contribution >= 0.6 is 27.5 Å². The maximum absolute atomic E-state index is 13.0. The lowest BCUT2D eigenvalue weighted by Gasteiger charge is -2.29. The lowest BCUT2D eigenvalue weighted by Crippen LogP contribution is -2.49. The van der Waals surface area contributed by atoms with Gasteiger partial charge in [-0.05, 0) is 44.0 Å². The van der Waals surface area contributed by atoms with Gasteiger partial charge < -0.3 is 15.0 Å². The second kappa shape index (κ2) is 12.0. The van der Waals surface area contributed by atoms with Gasteiger partial charge >= 0.3 is 0 Å². The molecule has 30 heavy (non-hydrogen) atoms. The fourth-order valence-corrected chi connectivity index (χ4v) is 3.55. The van der Waals surface area contributed by atoms with Crippen molar-refractivity contribution in [2.75, 3.05) is 13.2 Å². The van der Waals surface area contributed by atoms with Crippen molar-refractivity contribution in [2.24, 2.45) is 0 Å². The fourth-order valence-electron chi connectivity index (χ4n) is 2.82. The molecule has 1 atom stereocenters. The Morgan fingerprint density at radius 2 is 1.90 bits per heavy atom. The zero-order valence-electron chi connectivity index (χ0n) is 17.6. The number of benzene rings is 2. The number of amides is 2. The van der Waals surface area contributed by atoms with Gasteiger partial charge in [0.05, 0.1) is 5.02 Å². The Labute approximate surface area is 191 Å². The van der Waals surface area contributed by atoms with Crippen molar-refractivity contribution in [3.63, 3.8) is 0 Å². The lowest BCUT2D eigenvalue weighted by molar-refractivity contribution is -0.142. The van der Waals surface area contributed by atoms with Gasteiger partial charge in [0.15, 0.2) is 6.61 Å². The number of carbonyl (C=O) groups excluding carboxylic acids is 2. The fraction of sp³-hybridized carbons (Fsp3) is 0.391. The zero-order chi connectivity index (χ0) is 22.1. The van der Waals surface area contributed by atoms with E-state index in [2.05, 4.69) is 28.2 Å². The summed E-state index contributed by atoms with van der Waals surface area (Å²) in [6.07, 6.45) is 1.89.